The molecule has 0 aliphatic carbocycles. The standard InChI is InChI=1S/C17H23N5O/c1-3-9-22-10-14(16-18-12(2)20-21-16)15(11-22)19-17(23)13-7-5-4-6-8-13/h4-8,14-15H,3,9-11H2,1-2H3,(H,19,23)(H,18,20,21)/t14-,15-/m1/s1. The third kappa shape index (κ3) is 3.59. The zero-order chi connectivity index (χ0) is 16.2. The van der Waals surface area contributed by atoms with Gasteiger partial charge in [0, 0.05) is 18.7 Å². The highest BCUT2D eigenvalue weighted by atomic mass is 16.1. The second-order valence-corrected chi connectivity index (χ2v) is 6.09. The van der Waals surface area contributed by atoms with Gasteiger partial charge in [-0.25, -0.2) is 4.98 Å². The molecule has 1 amide bonds. The van der Waals surface area contributed by atoms with Crippen molar-refractivity contribution in [1.29, 1.82) is 0 Å². The lowest BCUT2D eigenvalue weighted by molar-refractivity contribution is 0.0934. The largest absolute Gasteiger partial charge is 0.347 e. The number of aryl methyl sites for hydroxylation is 1. The fraction of sp³-hybridized carbons (Fsp3) is 0.471. The SMILES string of the molecule is CCCN1C[C@@H](NC(=O)c2ccccc2)[C@H](c2n[nH]c(C)n2)C1. The van der Waals surface area contributed by atoms with Gasteiger partial charge in [0.1, 0.15) is 5.82 Å². The summed E-state index contributed by atoms with van der Waals surface area (Å²) in [5.74, 6) is 1.69. The van der Waals surface area contributed by atoms with E-state index in [4.69, 9.17) is 0 Å². The highest BCUT2D eigenvalue weighted by molar-refractivity contribution is 5.94. The quantitative estimate of drug-likeness (QED) is 0.881. The minimum absolute atomic E-state index is 0.0319. The van der Waals surface area contributed by atoms with Gasteiger partial charge in [0.15, 0.2) is 5.82 Å². The molecule has 2 N–H and O–H groups in total. The van der Waals surface area contributed by atoms with Crippen LogP contribution in [0.2, 0.25) is 0 Å². The number of carbonyl (C=O) groups excluding carboxylic acids is 1. The fourth-order valence-corrected chi connectivity index (χ4v) is 3.16. The number of amides is 1. The smallest absolute Gasteiger partial charge is 0.251 e. The van der Waals surface area contributed by atoms with Crippen molar-refractivity contribution in [3.05, 3.63) is 47.5 Å². The van der Waals surface area contributed by atoms with E-state index in [1.54, 1.807) is 0 Å². The molecule has 23 heavy (non-hydrogen) atoms. The summed E-state index contributed by atoms with van der Waals surface area (Å²) in [5.41, 5.74) is 0.686. The lowest BCUT2D eigenvalue weighted by Crippen LogP contribution is -2.40. The lowest BCUT2D eigenvalue weighted by Gasteiger charge is -2.17. The van der Waals surface area contributed by atoms with E-state index >= 15 is 0 Å². The van der Waals surface area contributed by atoms with Crippen LogP contribution in [-0.2, 0) is 0 Å². The van der Waals surface area contributed by atoms with Crippen molar-refractivity contribution in [2.45, 2.75) is 32.2 Å². The van der Waals surface area contributed by atoms with Crippen LogP contribution in [0.15, 0.2) is 30.3 Å². The minimum Gasteiger partial charge on any atom is -0.347 e. The van der Waals surface area contributed by atoms with Gasteiger partial charge in [0.2, 0.25) is 0 Å². The number of carbonyl (C=O) groups is 1. The molecular formula is C17H23N5O. The van der Waals surface area contributed by atoms with Crippen molar-refractivity contribution in [2.75, 3.05) is 19.6 Å². The molecule has 1 aromatic heterocycles. The molecular weight excluding hydrogens is 290 g/mol. The maximum Gasteiger partial charge on any atom is 0.251 e. The first-order valence-corrected chi connectivity index (χ1v) is 8.14. The number of benzene rings is 1. The van der Waals surface area contributed by atoms with E-state index < -0.39 is 0 Å². The van der Waals surface area contributed by atoms with Crippen LogP contribution in [0, 0.1) is 6.92 Å². The number of aromatic amines is 1. The summed E-state index contributed by atoms with van der Waals surface area (Å²) >= 11 is 0. The van der Waals surface area contributed by atoms with E-state index in [0.717, 1.165) is 37.7 Å². The number of nitrogens with one attached hydrogen (secondary N) is 2. The summed E-state index contributed by atoms with van der Waals surface area (Å²) in [6.07, 6.45) is 1.10. The topological polar surface area (TPSA) is 73.9 Å². The van der Waals surface area contributed by atoms with E-state index in [1.165, 1.54) is 0 Å². The van der Waals surface area contributed by atoms with Gasteiger partial charge >= 0.3 is 0 Å². The second-order valence-electron chi connectivity index (χ2n) is 6.09. The van der Waals surface area contributed by atoms with Crippen LogP contribution in [-0.4, -0.2) is 51.7 Å². The van der Waals surface area contributed by atoms with E-state index in [1.807, 2.05) is 37.3 Å². The molecule has 1 aliphatic rings. The molecule has 0 bridgehead atoms. The number of hydrogen-bond acceptors (Lipinski definition) is 4. The summed E-state index contributed by atoms with van der Waals surface area (Å²) in [7, 11) is 0. The average Bonchev–Trinajstić information content (AvgIpc) is 3.15. The predicted molar refractivity (Wildman–Crippen MR) is 88.3 cm³/mol. The molecule has 1 saturated heterocycles. The zero-order valence-corrected chi connectivity index (χ0v) is 13.6. The first-order valence-electron chi connectivity index (χ1n) is 8.14. The molecule has 1 fully saturated rings. The molecule has 2 aromatic rings. The molecule has 6 heteroatoms. The Morgan fingerprint density at radius 3 is 2.78 bits per heavy atom. The van der Waals surface area contributed by atoms with Crippen molar-refractivity contribution in [2.24, 2.45) is 0 Å². The van der Waals surface area contributed by atoms with Gasteiger partial charge in [-0.3, -0.25) is 9.89 Å². The fourth-order valence-electron chi connectivity index (χ4n) is 3.16. The van der Waals surface area contributed by atoms with Crippen molar-refractivity contribution in [1.82, 2.24) is 25.4 Å². The van der Waals surface area contributed by atoms with Crippen molar-refractivity contribution < 1.29 is 4.79 Å². The van der Waals surface area contributed by atoms with E-state index in [2.05, 4.69) is 32.3 Å². The van der Waals surface area contributed by atoms with Crippen LogP contribution in [0.5, 0.6) is 0 Å². The van der Waals surface area contributed by atoms with Gasteiger partial charge in [0.05, 0.1) is 12.0 Å². The van der Waals surface area contributed by atoms with Crippen molar-refractivity contribution in [3.63, 3.8) is 0 Å². The lowest BCUT2D eigenvalue weighted by atomic mass is 10.0. The Labute approximate surface area is 136 Å². The van der Waals surface area contributed by atoms with Crippen molar-refractivity contribution in [3.8, 4) is 0 Å². The summed E-state index contributed by atoms with van der Waals surface area (Å²) < 4.78 is 0. The normalized spacial score (nSPS) is 21.5. The summed E-state index contributed by atoms with van der Waals surface area (Å²) in [5, 5.41) is 10.4. The summed E-state index contributed by atoms with van der Waals surface area (Å²) in [6.45, 7) is 6.81. The Hall–Kier alpha value is -2.21. The van der Waals surface area contributed by atoms with E-state index in [9.17, 15) is 4.79 Å². The Morgan fingerprint density at radius 2 is 2.13 bits per heavy atom. The highest BCUT2D eigenvalue weighted by Crippen LogP contribution is 2.25. The molecule has 2 atom stereocenters. The number of hydrogen-bond donors (Lipinski definition) is 2. The molecule has 0 saturated carbocycles. The van der Waals surface area contributed by atoms with Gasteiger partial charge in [-0.05, 0) is 32.0 Å². The van der Waals surface area contributed by atoms with Crippen LogP contribution >= 0.6 is 0 Å². The summed E-state index contributed by atoms with van der Waals surface area (Å²) in [4.78, 5) is 19.3. The number of likely N-dealkylation sites (tertiary alicyclic amines) is 1. The Bertz CT molecular complexity index is 654. The third-order valence-electron chi connectivity index (χ3n) is 4.23. The Morgan fingerprint density at radius 1 is 1.35 bits per heavy atom. The Kier molecular flexibility index (Phi) is 4.71. The zero-order valence-electron chi connectivity index (χ0n) is 13.6. The maximum atomic E-state index is 12.5. The van der Waals surface area contributed by atoms with Gasteiger partial charge in [-0.15, -0.1) is 0 Å². The van der Waals surface area contributed by atoms with Gasteiger partial charge in [-0.2, -0.15) is 5.10 Å². The Balaban J connectivity index is 1.75. The highest BCUT2D eigenvalue weighted by Gasteiger charge is 2.36. The van der Waals surface area contributed by atoms with Crippen LogP contribution in [0.3, 0.4) is 0 Å². The molecule has 0 unspecified atom stereocenters. The van der Waals surface area contributed by atoms with E-state index in [-0.39, 0.29) is 17.9 Å². The average molecular weight is 313 g/mol. The van der Waals surface area contributed by atoms with Gasteiger partial charge in [-0.1, -0.05) is 25.1 Å². The number of aromatic nitrogens is 3. The maximum absolute atomic E-state index is 12.5. The molecule has 122 valence electrons. The van der Waals surface area contributed by atoms with Gasteiger partial charge < -0.3 is 10.2 Å². The third-order valence-corrected chi connectivity index (χ3v) is 4.23. The number of H-pyrrole nitrogens is 1. The van der Waals surface area contributed by atoms with E-state index in [0.29, 0.717) is 5.56 Å². The second kappa shape index (κ2) is 6.91. The number of rotatable bonds is 5. The predicted octanol–water partition coefficient (Wildman–Crippen LogP) is 1.72. The minimum atomic E-state index is -0.0359. The van der Waals surface area contributed by atoms with Crippen molar-refractivity contribution >= 4 is 5.91 Å². The van der Waals surface area contributed by atoms with Crippen LogP contribution < -0.4 is 5.32 Å². The first-order chi connectivity index (χ1) is 11.2. The molecule has 6 nitrogen and oxygen atoms in total. The number of nitrogens with zero attached hydrogens (tertiary/aromatic N) is 3. The van der Waals surface area contributed by atoms with Crippen LogP contribution in [0.4, 0.5) is 0 Å². The summed E-state index contributed by atoms with van der Waals surface area (Å²) in [6, 6.07) is 9.37. The first kappa shape index (κ1) is 15.7. The molecule has 0 radical (unpaired) electrons. The van der Waals surface area contributed by atoms with Crippen LogP contribution in [0.1, 0.15) is 41.3 Å². The molecule has 3 rings (SSSR count). The molecule has 2 heterocycles. The molecule has 1 aliphatic heterocycles. The molecule has 0 spiro atoms. The van der Waals surface area contributed by atoms with Crippen LogP contribution in [0.25, 0.3) is 0 Å². The molecule has 1 aromatic carbocycles. The monoisotopic (exact) mass is 313 g/mol. The van der Waals surface area contributed by atoms with Gasteiger partial charge in [0.25, 0.3) is 5.91 Å².